The zero-order chi connectivity index (χ0) is 14.5. The summed E-state index contributed by atoms with van der Waals surface area (Å²) in [5.41, 5.74) is 1.20. The lowest BCUT2D eigenvalue weighted by Gasteiger charge is -2.36. The Balaban J connectivity index is 1.74. The number of hydrogen-bond acceptors (Lipinski definition) is 4. The van der Waals surface area contributed by atoms with Crippen LogP contribution in [0, 0.1) is 6.92 Å². The number of morpholine rings is 1. The molecule has 0 bridgehead atoms. The number of aliphatic hydroxyl groups is 1. The molecule has 20 heavy (non-hydrogen) atoms. The van der Waals surface area contributed by atoms with Crippen molar-refractivity contribution < 1.29 is 14.6 Å². The molecular weight excluding hydrogens is 254 g/mol. The Morgan fingerprint density at radius 2 is 1.85 bits per heavy atom. The SMILES string of the molecule is Cc1ccc(OC[C@H](O)CN2C[C@@H](C)O[C@H](C)C2)cc1. The maximum atomic E-state index is 10.1. The molecule has 0 spiro atoms. The Bertz CT molecular complexity index is 397. The molecular formula is C16H25NO3. The molecule has 2 rings (SSSR count). The minimum Gasteiger partial charge on any atom is -0.491 e. The Morgan fingerprint density at radius 1 is 1.25 bits per heavy atom. The van der Waals surface area contributed by atoms with Crippen molar-refractivity contribution in [3.63, 3.8) is 0 Å². The van der Waals surface area contributed by atoms with E-state index < -0.39 is 6.10 Å². The normalized spacial score (nSPS) is 25.4. The van der Waals surface area contributed by atoms with E-state index >= 15 is 0 Å². The number of aliphatic hydroxyl groups excluding tert-OH is 1. The van der Waals surface area contributed by atoms with E-state index in [1.807, 2.05) is 31.2 Å². The van der Waals surface area contributed by atoms with E-state index in [9.17, 15) is 5.11 Å². The summed E-state index contributed by atoms with van der Waals surface area (Å²) in [4.78, 5) is 2.24. The van der Waals surface area contributed by atoms with Crippen molar-refractivity contribution in [3.05, 3.63) is 29.8 Å². The van der Waals surface area contributed by atoms with Gasteiger partial charge in [-0.3, -0.25) is 4.90 Å². The van der Waals surface area contributed by atoms with E-state index in [-0.39, 0.29) is 12.2 Å². The van der Waals surface area contributed by atoms with Crippen LogP contribution in [-0.4, -0.2) is 54.6 Å². The van der Waals surface area contributed by atoms with Crippen molar-refractivity contribution >= 4 is 0 Å². The van der Waals surface area contributed by atoms with Gasteiger partial charge in [0.05, 0.1) is 12.2 Å². The second-order valence-corrected chi connectivity index (χ2v) is 5.75. The minimum atomic E-state index is -0.478. The van der Waals surface area contributed by atoms with Gasteiger partial charge in [0.2, 0.25) is 0 Å². The van der Waals surface area contributed by atoms with Crippen molar-refractivity contribution in [2.24, 2.45) is 0 Å². The van der Waals surface area contributed by atoms with E-state index in [0.717, 1.165) is 18.8 Å². The number of β-amino-alcohol motifs (C(OH)–C–C–N with tert-alkyl or cyclic N) is 1. The van der Waals surface area contributed by atoms with Crippen LogP contribution in [0.15, 0.2) is 24.3 Å². The van der Waals surface area contributed by atoms with Crippen molar-refractivity contribution in [2.75, 3.05) is 26.2 Å². The molecule has 0 saturated carbocycles. The Morgan fingerprint density at radius 3 is 2.45 bits per heavy atom. The first-order valence-electron chi connectivity index (χ1n) is 7.28. The van der Waals surface area contributed by atoms with Crippen LogP contribution in [0.3, 0.4) is 0 Å². The molecule has 4 heteroatoms. The molecule has 0 amide bonds. The second-order valence-electron chi connectivity index (χ2n) is 5.75. The Kier molecular flexibility index (Phi) is 5.40. The van der Waals surface area contributed by atoms with Crippen molar-refractivity contribution in [1.82, 2.24) is 4.90 Å². The lowest BCUT2D eigenvalue weighted by Crippen LogP contribution is -2.48. The Hall–Kier alpha value is -1.10. The summed E-state index contributed by atoms with van der Waals surface area (Å²) in [6, 6.07) is 7.88. The van der Waals surface area contributed by atoms with Crippen LogP contribution in [0.2, 0.25) is 0 Å². The highest BCUT2D eigenvalue weighted by atomic mass is 16.5. The third-order valence-corrected chi connectivity index (χ3v) is 3.43. The summed E-state index contributed by atoms with van der Waals surface area (Å²) in [7, 11) is 0. The van der Waals surface area contributed by atoms with Gasteiger partial charge in [-0.05, 0) is 32.9 Å². The lowest BCUT2D eigenvalue weighted by molar-refractivity contribution is -0.0786. The largest absolute Gasteiger partial charge is 0.491 e. The van der Waals surface area contributed by atoms with Gasteiger partial charge in [-0.1, -0.05) is 17.7 Å². The number of aryl methyl sites for hydroxylation is 1. The first-order chi connectivity index (χ1) is 9.52. The molecule has 1 heterocycles. The maximum Gasteiger partial charge on any atom is 0.119 e. The van der Waals surface area contributed by atoms with Crippen molar-refractivity contribution in [1.29, 1.82) is 0 Å². The van der Waals surface area contributed by atoms with Gasteiger partial charge in [0, 0.05) is 19.6 Å². The summed E-state index contributed by atoms with van der Waals surface area (Å²) in [6.07, 6.45) is -0.0262. The van der Waals surface area contributed by atoms with Crippen LogP contribution >= 0.6 is 0 Å². The highest BCUT2D eigenvalue weighted by molar-refractivity contribution is 5.26. The second kappa shape index (κ2) is 7.07. The van der Waals surface area contributed by atoms with E-state index in [1.54, 1.807) is 0 Å². The topological polar surface area (TPSA) is 41.9 Å². The minimum absolute atomic E-state index is 0.226. The predicted molar refractivity (Wildman–Crippen MR) is 79.1 cm³/mol. The highest BCUT2D eigenvalue weighted by Gasteiger charge is 2.23. The molecule has 0 aliphatic carbocycles. The van der Waals surface area contributed by atoms with Gasteiger partial charge in [-0.25, -0.2) is 0 Å². The highest BCUT2D eigenvalue weighted by Crippen LogP contribution is 2.13. The molecule has 3 atom stereocenters. The molecule has 4 nitrogen and oxygen atoms in total. The molecule has 0 unspecified atom stereocenters. The van der Waals surface area contributed by atoms with Gasteiger partial charge in [-0.15, -0.1) is 0 Å². The summed E-state index contributed by atoms with van der Waals surface area (Å²) in [6.45, 7) is 8.86. The molecule has 1 aromatic rings. The van der Waals surface area contributed by atoms with Crippen LogP contribution in [0.5, 0.6) is 5.75 Å². The predicted octanol–water partition coefficient (Wildman–Crippen LogP) is 1.84. The summed E-state index contributed by atoms with van der Waals surface area (Å²) >= 11 is 0. The van der Waals surface area contributed by atoms with E-state index in [4.69, 9.17) is 9.47 Å². The van der Waals surface area contributed by atoms with Gasteiger partial charge >= 0.3 is 0 Å². The molecule has 1 aliphatic heterocycles. The van der Waals surface area contributed by atoms with Gasteiger partial charge in [0.25, 0.3) is 0 Å². The van der Waals surface area contributed by atoms with Gasteiger partial charge in [0.15, 0.2) is 0 Å². The number of ether oxygens (including phenoxy) is 2. The maximum absolute atomic E-state index is 10.1. The van der Waals surface area contributed by atoms with E-state index in [0.29, 0.717) is 13.2 Å². The van der Waals surface area contributed by atoms with Crippen LogP contribution in [-0.2, 0) is 4.74 Å². The van der Waals surface area contributed by atoms with Crippen molar-refractivity contribution in [2.45, 2.75) is 39.1 Å². The molecule has 0 radical (unpaired) electrons. The smallest absolute Gasteiger partial charge is 0.119 e. The van der Waals surface area contributed by atoms with Crippen LogP contribution < -0.4 is 4.74 Å². The fourth-order valence-corrected chi connectivity index (χ4v) is 2.61. The van der Waals surface area contributed by atoms with Crippen LogP contribution in [0.25, 0.3) is 0 Å². The lowest BCUT2D eigenvalue weighted by atomic mass is 10.2. The van der Waals surface area contributed by atoms with E-state index in [2.05, 4.69) is 18.7 Å². The van der Waals surface area contributed by atoms with Crippen LogP contribution in [0.4, 0.5) is 0 Å². The number of hydrogen-bond donors (Lipinski definition) is 1. The number of rotatable bonds is 5. The van der Waals surface area contributed by atoms with Gasteiger partial charge in [-0.2, -0.15) is 0 Å². The first kappa shape index (κ1) is 15.3. The summed E-state index contributed by atoms with van der Waals surface area (Å²) in [5, 5.41) is 10.1. The first-order valence-corrected chi connectivity index (χ1v) is 7.28. The molecule has 1 fully saturated rings. The molecule has 1 aromatic carbocycles. The fourth-order valence-electron chi connectivity index (χ4n) is 2.61. The van der Waals surface area contributed by atoms with Gasteiger partial charge < -0.3 is 14.6 Å². The molecule has 1 saturated heterocycles. The average molecular weight is 279 g/mol. The van der Waals surface area contributed by atoms with Crippen LogP contribution in [0.1, 0.15) is 19.4 Å². The summed E-state index contributed by atoms with van der Waals surface area (Å²) in [5.74, 6) is 0.804. The third-order valence-electron chi connectivity index (χ3n) is 3.43. The fraction of sp³-hybridized carbons (Fsp3) is 0.625. The zero-order valence-electron chi connectivity index (χ0n) is 12.6. The third kappa shape index (κ3) is 4.78. The molecule has 0 aromatic heterocycles. The summed E-state index contributed by atoms with van der Waals surface area (Å²) < 4.78 is 11.3. The monoisotopic (exact) mass is 279 g/mol. The molecule has 1 aliphatic rings. The van der Waals surface area contributed by atoms with Gasteiger partial charge in [0.1, 0.15) is 18.5 Å². The van der Waals surface area contributed by atoms with E-state index in [1.165, 1.54) is 5.56 Å². The Labute approximate surface area is 121 Å². The number of nitrogens with zero attached hydrogens (tertiary/aromatic N) is 1. The van der Waals surface area contributed by atoms with Crippen molar-refractivity contribution in [3.8, 4) is 5.75 Å². The average Bonchev–Trinajstić information content (AvgIpc) is 2.37. The quantitative estimate of drug-likeness (QED) is 0.893. The number of benzene rings is 1. The zero-order valence-corrected chi connectivity index (χ0v) is 12.6. The molecule has 112 valence electrons. The standard InChI is InChI=1S/C16H25NO3/c1-12-4-6-16(7-5-12)19-11-15(18)10-17-8-13(2)20-14(3)9-17/h4-7,13-15,18H,8-11H2,1-3H3/t13-,14-,15-/m1/s1. The molecule has 1 N–H and O–H groups in total.